The molecule has 1 N–H and O–H groups in total. The first kappa shape index (κ1) is 12.8. The highest BCUT2D eigenvalue weighted by molar-refractivity contribution is 14.1. The summed E-state index contributed by atoms with van der Waals surface area (Å²) in [5.41, 5.74) is 1.80. The molecule has 19 heavy (non-hydrogen) atoms. The van der Waals surface area contributed by atoms with Crippen LogP contribution < -0.4 is 5.32 Å². The minimum Gasteiger partial charge on any atom is -0.372 e. The number of anilines is 1. The van der Waals surface area contributed by atoms with Gasteiger partial charge in [0.15, 0.2) is 5.82 Å². The Morgan fingerprint density at radius 1 is 1.32 bits per heavy atom. The van der Waals surface area contributed by atoms with E-state index < -0.39 is 0 Å². The quantitative estimate of drug-likeness (QED) is 0.837. The van der Waals surface area contributed by atoms with Crippen molar-refractivity contribution in [2.45, 2.75) is 18.8 Å². The minimum atomic E-state index is -0.265. The van der Waals surface area contributed by atoms with Crippen LogP contribution in [0.4, 0.5) is 10.2 Å². The molecule has 98 valence electrons. The molecule has 5 heteroatoms. The van der Waals surface area contributed by atoms with Gasteiger partial charge in [-0.15, -0.1) is 0 Å². The Balaban J connectivity index is 2.13. The summed E-state index contributed by atoms with van der Waals surface area (Å²) in [7, 11) is 1.84. The fraction of sp³-hybridized carbons (Fsp3) is 0.286. The van der Waals surface area contributed by atoms with Crippen molar-refractivity contribution in [3.05, 3.63) is 39.3 Å². The van der Waals surface area contributed by atoms with Gasteiger partial charge in [0, 0.05) is 18.5 Å². The first-order chi connectivity index (χ1) is 9.19. The largest absolute Gasteiger partial charge is 0.372 e. The molecule has 1 aromatic carbocycles. The number of aromatic nitrogens is 2. The van der Waals surface area contributed by atoms with E-state index in [0.717, 1.165) is 20.6 Å². The van der Waals surface area contributed by atoms with Crippen molar-refractivity contribution in [3.63, 3.8) is 0 Å². The van der Waals surface area contributed by atoms with Gasteiger partial charge >= 0.3 is 0 Å². The predicted octanol–water partition coefficient (Wildman–Crippen LogP) is 3.81. The highest BCUT2D eigenvalue weighted by Gasteiger charge is 2.29. The Bertz CT molecular complexity index is 626. The highest BCUT2D eigenvalue weighted by Crippen LogP contribution is 2.42. The Morgan fingerprint density at radius 2 is 2.11 bits per heavy atom. The van der Waals surface area contributed by atoms with Crippen LogP contribution in [-0.2, 0) is 0 Å². The lowest BCUT2D eigenvalue weighted by Crippen LogP contribution is -2.04. The molecule has 1 fully saturated rings. The SMILES string of the molecule is CNc1nc(-c2cccc(F)c2)nc(C2CC2)c1I. The molecule has 0 radical (unpaired) electrons. The smallest absolute Gasteiger partial charge is 0.161 e. The molecule has 2 aromatic rings. The van der Waals surface area contributed by atoms with E-state index in [4.69, 9.17) is 0 Å². The number of benzene rings is 1. The summed E-state index contributed by atoms with van der Waals surface area (Å²) < 4.78 is 14.4. The van der Waals surface area contributed by atoms with E-state index in [1.54, 1.807) is 6.07 Å². The van der Waals surface area contributed by atoms with Crippen LogP contribution in [0.25, 0.3) is 11.4 Å². The van der Waals surface area contributed by atoms with Crippen molar-refractivity contribution in [2.75, 3.05) is 12.4 Å². The second-order valence-electron chi connectivity index (χ2n) is 4.63. The van der Waals surface area contributed by atoms with E-state index in [1.807, 2.05) is 13.1 Å². The normalized spacial score (nSPS) is 14.5. The first-order valence-electron chi connectivity index (χ1n) is 6.20. The monoisotopic (exact) mass is 369 g/mol. The third-order valence-corrected chi connectivity index (χ3v) is 4.22. The zero-order valence-electron chi connectivity index (χ0n) is 10.5. The summed E-state index contributed by atoms with van der Waals surface area (Å²) in [5, 5.41) is 3.09. The number of nitrogens with zero attached hydrogens (tertiary/aromatic N) is 2. The molecule has 0 bridgehead atoms. The van der Waals surface area contributed by atoms with Crippen LogP contribution in [0.15, 0.2) is 24.3 Å². The zero-order chi connectivity index (χ0) is 13.4. The van der Waals surface area contributed by atoms with Crippen molar-refractivity contribution in [1.82, 2.24) is 9.97 Å². The molecule has 1 heterocycles. The van der Waals surface area contributed by atoms with Crippen molar-refractivity contribution in [2.24, 2.45) is 0 Å². The van der Waals surface area contributed by atoms with Crippen LogP contribution in [0.3, 0.4) is 0 Å². The molecule has 0 amide bonds. The predicted molar refractivity (Wildman–Crippen MR) is 81.7 cm³/mol. The second-order valence-corrected chi connectivity index (χ2v) is 5.71. The first-order valence-corrected chi connectivity index (χ1v) is 7.28. The van der Waals surface area contributed by atoms with E-state index in [0.29, 0.717) is 11.7 Å². The summed E-state index contributed by atoms with van der Waals surface area (Å²) in [4.78, 5) is 9.11. The fourth-order valence-electron chi connectivity index (χ4n) is 2.01. The molecule has 1 aliphatic rings. The van der Waals surface area contributed by atoms with Crippen molar-refractivity contribution in [1.29, 1.82) is 0 Å². The Kier molecular flexibility index (Phi) is 3.38. The number of hydrogen-bond acceptors (Lipinski definition) is 3. The highest BCUT2D eigenvalue weighted by atomic mass is 127. The minimum absolute atomic E-state index is 0.265. The molecule has 1 aliphatic carbocycles. The third-order valence-electron chi connectivity index (χ3n) is 3.16. The van der Waals surface area contributed by atoms with Gasteiger partial charge in [-0.2, -0.15) is 0 Å². The topological polar surface area (TPSA) is 37.8 Å². The molecule has 0 unspecified atom stereocenters. The van der Waals surface area contributed by atoms with Gasteiger partial charge in [-0.1, -0.05) is 12.1 Å². The van der Waals surface area contributed by atoms with Crippen molar-refractivity contribution in [3.8, 4) is 11.4 Å². The number of halogens is 2. The van der Waals surface area contributed by atoms with Crippen LogP contribution in [0.5, 0.6) is 0 Å². The van der Waals surface area contributed by atoms with Gasteiger partial charge in [-0.05, 0) is 47.6 Å². The Morgan fingerprint density at radius 3 is 2.74 bits per heavy atom. The van der Waals surface area contributed by atoms with E-state index >= 15 is 0 Å². The molecule has 3 nitrogen and oxygen atoms in total. The van der Waals surface area contributed by atoms with Gasteiger partial charge < -0.3 is 5.32 Å². The van der Waals surface area contributed by atoms with Crippen molar-refractivity contribution >= 4 is 28.4 Å². The number of rotatable bonds is 3. The maximum Gasteiger partial charge on any atom is 0.161 e. The van der Waals surface area contributed by atoms with Gasteiger partial charge in [0.2, 0.25) is 0 Å². The molecule has 1 aromatic heterocycles. The molecule has 0 saturated heterocycles. The average Bonchev–Trinajstić information content (AvgIpc) is 3.23. The van der Waals surface area contributed by atoms with Crippen LogP contribution in [0, 0.1) is 9.39 Å². The zero-order valence-corrected chi connectivity index (χ0v) is 12.6. The summed E-state index contributed by atoms with van der Waals surface area (Å²) >= 11 is 2.28. The summed E-state index contributed by atoms with van der Waals surface area (Å²) in [6.07, 6.45) is 2.36. The van der Waals surface area contributed by atoms with E-state index in [2.05, 4.69) is 37.9 Å². The lowest BCUT2D eigenvalue weighted by molar-refractivity contribution is 0.628. The van der Waals surface area contributed by atoms with Crippen LogP contribution in [-0.4, -0.2) is 17.0 Å². The van der Waals surface area contributed by atoms with Gasteiger partial charge in [0.05, 0.1) is 9.26 Å². The van der Waals surface area contributed by atoms with Crippen molar-refractivity contribution < 1.29 is 4.39 Å². The van der Waals surface area contributed by atoms with Gasteiger partial charge in [0.25, 0.3) is 0 Å². The maximum absolute atomic E-state index is 13.3. The third kappa shape index (κ3) is 2.56. The molecule has 0 spiro atoms. The van der Waals surface area contributed by atoms with Gasteiger partial charge in [0.1, 0.15) is 11.6 Å². The lowest BCUT2D eigenvalue weighted by Gasteiger charge is -2.10. The summed E-state index contributed by atoms with van der Waals surface area (Å²) in [6.45, 7) is 0. The standard InChI is InChI=1S/C14H13FIN3/c1-17-14-11(16)12(8-5-6-8)18-13(19-14)9-3-2-4-10(15)7-9/h2-4,7-8H,5-6H2,1H3,(H,17,18,19). The maximum atomic E-state index is 13.3. The molecule has 3 rings (SSSR count). The second kappa shape index (κ2) is 5.03. The van der Waals surface area contributed by atoms with E-state index in [1.165, 1.54) is 25.0 Å². The molecule has 1 saturated carbocycles. The Hall–Kier alpha value is -1.24. The summed E-state index contributed by atoms with van der Waals surface area (Å²) in [6, 6.07) is 6.42. The Labute approximate surface area is 124 Å². The van der Waals surface area contributed by atoms with Crippen LogP contribution in [0.2, 0.25) is 0 Å². The lowest BCUT2D eigenvalue weighted by atomic mass is 10.2. The van der Waals surface area contributed by atoms with Crippen LogP contribution >= 0.6 is 22.6 Å². The summed E-state index contributed by atoms with van der Waals surface area (Å²) in [5.74, 6) is 1.68. The molecule has 0 aliphatic heterocycles. The average molecular weight is 369 g/mol. The molecular weight excluding hydrogens is 356 g/mol. The van der Waals surface area contributed by atoms with E-state index in [-0.39, 0.29) is 5.82 Å². The van der Waals surface area contributed by atoms with Gasteiger partial charge in [-0.25, -0.2) is 14.4 Å². The van der Waals surface area contributed by atoms with E-state index in [9.17, 15) is 4.39 Å². The number of hydrogen-bond donors (Lipinski definition) is 1. The number of nitrogens with one attached hydrogen (secondary N) is 1. The van der Waals surface area contributed by atoms with Crippen LogP contribution in [0.1, 0.15) is 24.5 Å². The fourth-order valence-corrected chi connectivity index (χ4v) is 2.97. The van der Waals surface area contributed by atoms with Gasteiger partial charge in [-0.3, -0.25) is 0 Å². The molecular formula is C14H13FIN3. The molecule has 0 atom stereocenters.